The SMILES string of the molecule is O=C(COc1ccc(Cl)c2cccnc12)Nc1cccc(CO)c1. The van der Waals surface area contributed by atoms with E-state index >= 15 is 0 Å². The highest BCUT2D eigenvalue weighted by Crippen LogP contribution is 2.29. The summed E-state index contributed by atoms with van der Waals surface area (Å²) in [6.07, 6.45) is 1.64. The number of benzene rings is 2. The summed E-state index contributed by atoms with van der Waals surface area (Å²) in [5.74, 6) is 0.193. The van der Waals surface area contributed by atoms with Gasteiger partial charge >= 0.3 is 0 Å². The van der Waals surface area contributed by atoms with Crippen molar-refractivity contribution < 1.29 is 14.6 Å². The molecule has 3 rings (SSSR count). The second-order valence-electron chi connectivity index (χ2n) is 5.14. The Morgan fingerprint density at radius 2 is 2.08 bits per heavy atom. The Morgan fingerprint density at radius 1 is 1.21 bits per heavy atom. The number of anilines is 1. The van der Waals surface area contributed by atoms with Crippen LogP contribution in [0.25, 0.3) is 10.9 Å². The first-order valence-electron chi connectivity index (χ1n) is 7.33. The summed E-state index contributed by atoms with van der Waals surface area (Å²) in [6, 6.07) is 14.0. The summed E-state index contributed by atoms with van der Waals surface area (Å²) in [6.45, 7) is -0.237. The number of carbonyl (C=O) groups is 1. The molecular weight excluding hydrogens is 328 g/mol. The third-order valence-electron chi connectivity index (χ3n) is 3.43. The molecule has 0 fully saturated rings. The molecule has 1 aromatic heterocycles. The molecule has 2 N–H and O–H groups in total. The Hall–Kier alpha value is -2.63. The minimum atomic E-state index is -0.302. The van der Waals surface area contributed by atoms with Crippen molar-refractivity contribution in [3.05, 3.63) is 65.3 Å². The molecule has 1 amide bonds. The number of nitrogens with zero attached hydrogens (tertiary/aromatic N) is 1. The van der Waals surface area contributed by atoms with Crippen molar-refractivity contribution in [2.24, 2.45) is 0 Å². The quantitative estimate of drug-likeness (QED) is 0.745. The van der Waals surface area contributed by atoms with Crippen molar-refractivity contribution in [2.45, 2.75) is 6.61 Å². The van der Waals surface area contributed by atoms with E-state index < -0.39 is 0 Å². The maximum absolute atomic E-state index is 12.0. The van der Waals surface area contributed by atoms with E-state index in [1.807, 2.05) is 6.07 Å². The van der Waals surface area contributed by atoms with Crippen LogP contribution in [-0.2, 0) is 11.4 Å². The number of aromatic nitrogens is 1. The molecule has 6 heteroatoms. The van der Waals surface area contributed by atoms with Gasteiger partial charge in [-0.05, 0) is 42.0 Å². The van der Waals surface area contributed by atoms with Gasteiger partial charge in [-0.1, -0.05) is 23.7 Å². The van der Waals surface area contributed by atoms with Crippen LogP contribution in [0.2, 0.25) is 5.02 Å². The Balaban J connectivity index is 1.69. The number of amides is 1. The van der Waals surface area contributed by atoms with E-state index in [-0.39, 0.29) is 19.1 Å². The van der Waals surface area contributed by atoms with Crippen LogP contribution in [-0.4, -0.2) is 22.6 Å². The Labute approximate surface area is 143 Å². The summed E-state index contributed by atoms with van der Waals surface area (Å²) in [5.41, 5.74) is 1.94. The number of halogens is 1. The smallest absolute Gasteiger partial charge is 0.262 e. The maximum Gasteiger partial charge on any atom is 0.262 e. The van der Waals surface area contributed by atoms with Crippen LogP contribution < -0.4 is 10.1 Å². The number of ether oxygens (including phenoxy) is 1. The lowest BCUT2D eigenvalue weighted by molar-refractivity contribution is -0.118. The van der Waals surface area contributed by atoms with Crippen LogP contribution in [0.5, 0.6) is 5.75 Å². The van der Waals surface area contributed by atoms with E-state index in [0.29, 0.717) is 22.0 Å². The molecule has 0 aliphatic heterocycles. The molecular formula is C18H15ClN2O3. The van der Waals surface area contributed by atoms with Gasteiger partial charge in [0.15, 0.2) is 6.61 Å². The molecule has 0 bridgehead atoms. The summed E-state index contributed by atoms with van der Waals surface area (Å²) < 4.78 is 5.58. The van der Waals surface area contributed by atoms with E-state index in [2.05, 4.69) is 10.3 Å². The molecule has 5 nitrogen and oxygen atoms in total. The molecule has 0 unspecified atom stereocenters. The molecule has 1 heterocycles. The molecule has 0 aliphatic rings. The highest BCUT2D eigenvalue weighted by Gasteiger charge is 2.09. The fraction of sp³-hybridized carbons (Fsp3) is 0.111. The zero-order valence-corrected chi connectivity index (χ0v) is 13.5. The zero-order chi connectivity index (χ0) is 16.9. The van der Waals surface area contributed by atoms with Crippen molar-refractivity contribution in [2.75, 3.05) is 11.9 Å². The highest BCUT2D eigenvalue weighted by molar-refractivity contribution is 6.35. The van der Waals surface area contributed by atoms with Gasteiger partial charge in [0.1, 0.15) is 11.3 Å². The molecule has 2 aromatic carbocycles. The molecule has 3 aromatic rings. The average molecular weight is 343 g/mol. The first-order valence-corrected chi connectivity index (χ1v) is 7.71. The number of aliphatic hydroxyl groups excluding tert-OH is 1. The number of hydrogen-bond donors (Lipinski definition) is 2. The van der Waals surface area contributed by atoms with Gasteiger partial charge in [0.25, 0.3) is 5.91 Å². The summed E-state index contributed by atoms with van der Waals surface area (Å²) in [7, 11) is 0. The number of pyridine rings is 1. The van der Waals surface area contributed by atoms with Gasteiger partial charge in [-0.2, -0.15) is 0 Å². The lowest BCUT2D eigenvalue weighted by Gasteiger charge is -2.10. The van der Waals surface area contributed by atoms with Gasteiger partial charge in [0.05, 0.1) is 11.6 Å². The molecule has 0 saturated heterocycles. The first-order chi connectivity index (χ1) is 11.7. The molecule has 0 aliphatic carbocycles. The molecule has 0 spiro atoms. The van der Waals surface area contributed by atoms with Crippen LogP contribution in [0.1, 0.15) is 5.56 Å². The fourth-order valence-electron chi connectivity index (χ4n) is 2.32. The number of aliphatic hydroxyl groups is 1. The van der Waals surface area contributed by atoms with Gasteiger partial charge in [0, 0.05) is 17.3 Å². The Kier molecular flexibility index (Phi) is 4.93. The average Bonchev–Trinajstić information content (AvgIpc) is 2.61. The van der Waals surface area contributed by atoms with Crippen LogP contribution in [0.3, 0.4) is 0 Å². The van der Waals surface area contributed by atoms with E-state index in [4.69, 9.17) is 21.4 Å². The van der Waals surface area contributed by atoms with E-state index in [1.54, 1.807) is 48.7 Å². The number of carbonyl (C=O) groups excluding carboxylic acids is 1. The van der Waals surface area contributed by atoms with Crippen molar-refractivity contribution in [3.63, 3.8) is 0 Å². The fourth-order valence-corrected chi connectivity index (χ4v) is 2.53. The molecule has 0 radical (unpaired) electrons. The summed E-state index contributed by atoms with van der Waals surface area (Å²) in [5, 5.41) is 13.2. The Bertz CT molecular complexity index is 883. The Morgan fingerprint density at radius 3 is 2.92 bits per heavy atom. The lowest BCUT2D eigenvalue weighted by Crippen LogP contribution is -2.20. The van der Waals surface area contributed by atoms with Gasteiger partial charge in [0.2, 0.25) is 0 Å². The van der Waals surface area contributed by atoms with Crippen LogP contribution in [0.15, 0.2) is 54.7 Å². The first kappa shape index (κ1) is 16.2. The van der Waals surface area contributed by atoms with Crippen molar-refractivity contribution in [3.8, 4) is 5.75 Å². The minimum absolute atomic E-state index is 0.0807. The summed E-state index contributed by atoms with van der Waals surface area (Å²) in [4.78, 5) is 16.3. The van der Waals surface area contributed by atoms with Crippen molar-refractivity contribution >= 4 is 34.1 Å². The van der Waals surface area contributed by atoms with Crippen molar-refractivity contribution in [1.82, 2.24) is 4.98 Å². The second kappa shape index (κ2) is 7.29. The van der Waals surface area contributed by atoms with Crippen LogP contribution in [0, 0.1) is 0 Å². The standard InChI is InChI=1S/C18H15ClN2O3/c19-15-6-7-16(18-14(15)5-2-8-20-18)24-11-17(23)21-13-4-1-3-12(9-13)10-22/h1-9,22H,10-11H2,(H,21,23). The van der Waals surface area contributed by atoms with E-state index in [0.717, 1.165) is 10.9 Å². The normalized spacial score (nSPS) is 10.6. The van der Waals surface area contributed by atoms with Gasteiger partial charge in [-0.3, -0.25) is 9.78 Å². The molecule has 122 valence electrons. The highest BCUT2D eigenvalue weighted by atomic mass is 35.5. The van der Waals surface area contributed by atoms with Gasteiger partial charge < -0.3 is 15.2 Å². The minimum Gasteiger partial charge on any atom is -0.481 e. The molecule has 24 heavy (non-hydrogen) atoms. The van der Waals surface area contributed by atoms with Crippen LogP contribution in [0.4, 0.5) is 5.69 Å². The van der Waals surface area contributed by atoms with Crippen LogP contribution >= 0.6 is 11.6 Å². The lowest BCUT2D eigenvalue weighted by atomic mass is 10.2. The molecule has 0 atom stereocenters. The maximum atomic E-state index is 12.0. The number of hydrogen-bond acceptors (Lipinski definition) is 4. The third kappa shape index (κ3) is 3.64. The largest absolute Gasteiger partial charge is 0.481 e. The topological polar surface area (TPSA) is 71.5 Å². The zero-order valence-electron chi connectivity index (χ0n) is 12.7. The predicted molar refractivity (Wildman–Crippen MR) is 93.2 cm³/mol. The van der Waals surface area contributed by atoms with Gasteiger partial charge in [-0.15, -0.1) is 0 Å². The monoisotopic (exact) mass is 342 g/mol. The summed E-state index contributed by atoms with van der Waals surface area (Å²) >= 11 is 6.13. The molecule has 0 saturated carbocycles. The number of fused-ring (bicyclic) bond motifs is 1. The van der Waals surface area contributed by atoms with E-state index in [9.17, 15) is 4.79 Å². The second-order valence-corrected chi connectivity index (χ2v) is 5.55. The predicted octanol–water partition coefficient (Wildman–Crippen LogP) is 3.40. The third-order valence-corrected chi connectivity index (χ3v) is 3.76. The van der Waals surface area contributed by atoms with Gasteiger partial charge in [-0.25, -0.2) is 0 Å². The van der Waals surface area contributed by atoms with Crippen molar-refractivity contribution in [1.29, 1.82) is 0 Å². The number of rotatable bonds is 5. The number of nitrogens with one attached hydrogen (secondary N) is 1. The van der Waals surface area contributed by atoms with E-state index in [1.165, 1.54) is 0 Å².